The van der Waals surface area contributed by atoms with Crippen LogP contribution in [-0.4, -0.2) is 36.1 Å². The molecule has 0 radical (unpaired) electrons. The summed E-state index contributed by atoms with van der Waals surface area (Å²) in [5.41, 5.74) is 7.96. The molecule has 0 atom stereocenters. The van der Waals surface area contributed by atoms with Gasteiger partial charge in [-0.15, -0.1) is 0 Å². The zero-order valence-corrected chi connectivity index (χ0v) is 11.8. The molecule has 0 aliphatic carbocycles. The molecule has 0 fully saturated rings. The molecule has 2 aromatic rings. The highest BCUT2D eigenvalue weighted by molar-refractivity contribution is 5.78. The number of hydrogen-bond donors (Lipinski definition) is 2. The monoisotopic (exact) mass is 262 g/mol. The zero-order chi connectivity index (χ0) is 13.8. The molecule has 0 bridgehead atoms. The Balaban J connectivity index is 1.85. The zero-order valence-electron chi connectivity index (χ0n) is 11.8. The lowest BCUT2D eigenvalue weighted by Gasteiger charge is -2.20. The van der Waals surface area contributed by atoms with Gasteiger partial charge >= 0.3 is 0 Å². The molecule has 19 heavy (non-hydrogen) atoms. The third kappa shape index (κ3) is 3.61. The van der Waals surface area contributed by atoms with Gasteiger partial charge in [-0.05, 0) is 52.1 Å². The number of hydrogen-bond acceptors (Lipinski definition) is 5. The summed E-state index contributed by atoms with van der Waals surface area (Å²) in [6.07, 6.45) is 1.05. The Morgan fingerprint density at radius 3 is 2.95 bits per heavy atom. The Morgan fingerprint density at radius 1 is 1.42 bits per heavy atom. The third-order valence-electron chi connectivity index (χ3n) is 3.26. The topological polar surface area (TPSA) is 67.3 Å². The minimum absolute atomic E-state index is 0.563. The van der Waals surface area contributed by atoms with Crippen molar-refractivity contribution in [2.24, 2.45) is 0 Å². The minimum atomic E-state index is 0.563. The van der Waals surface area contributed by atoms with Crippen LogP contribution in [0.2, 0.25) is 0 Å². The predicted molar refractivity (Wildman–Crippen MR) is 79.3 cm³/mol. The van der Waals surface area contributed by atoms with E-state index in [9.17, 15) is 0 Å². The summed E-state index contributed by atoms with van der Waals surface area (Å²) in [5.74, 6) is 0. The Bertz CT molecular complexity index is 535. The van der Waals surface area contributed by atoms with E-state index in [1.54, 1.807) is 0 Å². The number of oxazole rings is 1. The fourth-order valence-electron chi connectivity index (χ4n) is 1.80. The highest BCUT2D eigenvalue weighted by atomic mass is 16.4. The maximum Gasteiger partial charge on any atom is 0.295 e. The predicted octanol–water partition coefficient (Wildman–Crippen LogP) is 2.55. The molecule has 104 valence electrons. The molecule has 0 saturated heterocycles. The number of benzene rings is 1. The van der Waals surface area contributed by atoms with Gasteiger partial charge in [-0.25, -0.2) is 0 Å². The molecule has 5 heteroatoms. The highest BCUT2D eigenvalue weighted by Gasteiger charge is 2.06. The lowest BCUT2D eigenvalue weighted by molar-refractivity contribution is 0.273. The molecule has 0 saturated carbocycles. The van der Waals surface area contributed by atoms with Crippen molar-refractivity contribution in [1.29, 1.82) is 0 Å². The maximum atomic E-state index is 5.71. The quantitative estimate of drug-likeness (QED) is 0.618. The summed E-state index contributed by atoms with van der Waals surface area (Å²) in [6.45, 7) is 6.29. The highest BCUT2D eigenvalue weighted by Crippen LogP contribution is 2.20. The standard InChI is InChI=1S/C14H22N4O/c1-10(2)18(3)8-4-7-16-14-17-12-9-11(15)5-6-13(12)19-14/h5-6,9-10H,4,7-8,15H2,1-3H3,(H,16,17). The molecule has 1 aromatic carbocycles. The summed E-state index contributed by atoms with van der Waals surface area (Å²) in [7, 11) is 2.13. The third-order valence-corrected chi connectivity index (χ3v) is 3.26. The van der Waals surface area contributed by atoms with E-state index in [0.29, 0.717) is 17.7 Å². The van der Waals surface area contributed by atoms with Gasteiger partial charge in [0.15, 0.2) is 5.58 Å². The molecule has 0 unspecified atom stereocenters. The van der Waals surface area contributed by atoms with Crippen molar-refractivity contribution < 1.29 is 4.42 Å². The van der Waals surface area contributed by atoms with E-state index >= 15 is 0 Å². The number of anilines is 2. The van der Waals surface area contributed by atoms with Crippen molar-refractivity contribution >= 4 is 22.8 Å². The van der Waals surface area contributed by atoms with Crippen molar-refractivity contribution in [2.75, 3.05) is 31.2 Å². The molecular weight excluding hydrogens is 240 g/mol. The average molecular weight is 262 g/mol. The van der Waals surface area contributed by atoms with E-state index < -0.39 is 0 Å². The Labute approximate surface area is 113 Å². The van der Waals surface area contributed by atoms with E-state index in [0.717, 1.165) is 30.6 Å². The van der Waals surface area contributed by atoms with Gasteiger partial charge in [-0.1, -0.05) is 0 Å². The number of fused-ring (bicyclic) bond motifs is 1. The SMILES string of the molecule is CC(C)N(C)CCCNc1nc2cc(N)ccc2o1. The molecular formula is C14H22N4O. The van der Waals surface area contributed by atoms with Crippen molar-refractivity contribution in [3.05, 3.63) is 18.2 Å². The van der Waals surface area contributed by atoms with Gasteiger partial charge in [0.1, 0.15) is 5.52 Å². The Hall–Kier alpha value is -1.75. The second kappa shape index (κ2) is 5.93. The van der Waals surface area contributed by atoms with Gasteiger partial charge < -0.3 is 20.4 Å². The van der Waals surface area contributed by atoms with Crippen LogP contribution in [0.3, 0.4) is 0 Å². The number of nitrogens with one attached hydrogen (secondary N) is 1. The molecule has 0 aliphatic rings. The summed E-state index contributed by atoms with van der Waals surface area (Å²) in [4.78, 5) is 6.67. The molecule has 0 amide bonds. The van der Waals surface area contributed by atoms with E-state index in [-0.39, 0.29) is 0 Å². The first-order valence-electron chi connectivity index (χ1n) is 6.66. The summed E-state index contributed by atoms with van der Waals surface area (Å²) in [5, 5.41) is 3.20. The maximum absolute atomic E-state index is 5.71. The molecule has 0 aliphatic heterocycles. The van der Waals surface area contributed by atoms with Crippen LogP contribution in [0.5, 0.6) is 0 Å². The van der Waals surface area contributed by atoms with Crippen LogP contribution in [0, 0.1) is 0 Å². The second-order valence-corrected chi connectivity index (χ2v) is 5.10. The Kier molecular flexibility index (Phi) is 4.27. The first-order chi connectivity index (χ1) is 9.06. The largest absolute Gasteiger partial charge is 0.424 e. The van der Waals surface area contributed by atoms with Crippen LogP contribution >= 0.6 is 0 Å². The fourth-order valence-corrected chi connectivity index (χ4v) is 1.80. The molecule has 0 spiro atoms. The van der Waals surface area contributed by atoms with Gasteiger partial charge in [0.2, 0.25) is 0 Å². The van der Waals surface area contributed by atoms with Crippen LogP contribution in [0.1, 0.15) is 20.3 Å². The molecule has 1 aromatic heterocycles. The van der Waals surface area contributed by atoms with Gasteiger partial charge in [0.05, 0.1) is 0 Å². The lowest BCUT2D eigenvalue weighted by atomic mass is 10.3. The van der Waals surface area contributed by atoms with Gasteiger partial charge in [0, 0.05) is 18.3 Å². The smallest absolute Gasteiger partial charge is 0.295 e. The summed E-state index contributed by atoms with van der Waals surface area (Å²) >= 11 is 0. The van der Waals surface area contributed by atoms with E-state index in [1.165, 1.54) is 0 Å². The molecule has 5 nitrogen and oxygen atoms in total. The van der Waals surface area contributed by atoms with Crippen LogP contribution in [0.15, 0.2) is 22.6 Å². The van der Waals surface area contributed by atoms with Crippen LogP contribution < -0.4 is 11.1 Å². The van der Waals surface area contributed by atoms with Gasteiger partial charge in [0.25, 0.3) is 6.01 Å². The van der Waals surface area contributed by atoms with E-state index in [4.69, 9.17) is 10.2 Å². The minimum Gasteiger partial charge on any atom is -0.424 e. The molecule has 1 heterocycles. The Morgan fingerprint density at radius 2 is 2.21 bits per heavy atom. The summed E-state index contributed by atoms with van der Waals surface area (Å²) in [6, 6.07) is 6.61. The first kappa shape index (κ1) is 13.7. The number of nitrogens with two attached hydrogens (primary N) is 1. The van der Waals surface area contributed by atoms with Crippen molar-refractivity contribution in [2.45, 2.75) is 26.3 Å². The summed E-state index contributed by atoms with van der Waals surface area (Å²) < 4.78 is 5.59. The number of rotatable bonds is 6. The normalized spacial score (nSPS) is 11.6. The number of aromatic nitrogens is 1. The first-order valence-corrected chi connectivity index (χ1v) is 6.66. The van der Waals surface area contributed by atoms with Crippen molar-refractivity contribution in [3.63, 3.8) is 0 Å². The average Bonchev–Trinajstić information content (AvgIpc) is 2.75. The van der Waals surface area contributed by atoms with Gasteiger partial charge in [-0.2, -0.15) is 4.98 Å². The number of nitrogen functional groups attached to an aromatic ring is 1. The second-order valence-electron chi connectivity index (χ2n) is 5.10. The van der Waals surface area contributed by atoms with Crippen molar-refractivity contribution in [3.8, 4) is 0 Å². The van der Waals surface area contributed by atoms with Crippen molar-refractivity contribution in [1.82, 2.24) is 9.88 Å². The van der Waals surface area contributed by atoms with E-state index in [2.05, 4.69) is 36.1 Å². The fraction of sp³-hybridized carbons (Fsp3) is 0.500. The van der Waals surface area contributed by atoms with Crippen LogP contribution in [-0.2, 0) is 0 Å². The van der Waals surface area contributed by atoms with Crippen LogP contribution in [0.25, 0.3) is 11.1 Å². The van der Waals surface area contributed by atoms with E-state index in [1.807, 2.05) is 18.2 Å². The molecule has 3 N–H and O–H groups in total. The molecule has 2 rings (SSSR count). The van der Waals surface area contributed by atoms with Gasteiger partial charge in [-0.3, -0.25) is 0 Å². The lowest BCUT2D eigenvalue weighted by Crippen LogP contribution is -2.28. The van der Waals surface area contributed by atoms with Crippen LogP contribution in [0.4, 0.5) is 11.7 Å². The number of nitrogens with zero attached hydrogens (tertiary/aromatic N) is 2.